The van der Waals surface area contributed by atoms with Crippen LogP contribution in [-0.4, -0.2) is 38.9 Å². The summed E-state index contributed by atoms with van der Waals surface area (Å²) in [6.07, 6.45) is 0. The van der Waals surface area contributed by atoms with Crippen LogP contribution in [0.3, 0.4) is 0 Å². The summed E-state index contributed by atoms with van der Waals surface area (Å²) in [6.45, 7) is 5.20. The van der Waals surface area contributed by atoms with E-state index in [9.17, 15) is 14.3 Å². The third-order valence-electron chi connectivity index (χ3n) is 6.24. The van der Waals surface area contributed by atoms with Crippen molar-refractivity contribution < 1.29 is 23.4 Å². The number of ether oxygens (including phenoxy) is 1. The van der Waals surface area contributed by atoms with Crippen LogP contribution >= 0.6 is 0 Å². The van der Waals surface area contributed by atoms with Crippen molar-refractivity contribution in [1.82, 2.24) is 14.1 Å². The molecule has 174 valence electrons. The minimum atomic E-state index is -1.35. The lowest BCUT2D eigenvalue weighted by atomic mass is 10.1. The second-order valence-electron chi connectivity index (χ2n) is 8.30. The molecule has 5 aromatic rings. The minimum absolute atomic E-state index is 0.0102. The van der Waals surface area contributed by atoms with E-state index in [0.717, 1.165) is 21.9 Å². The molecule has 0 fully saturated rings. The molecule has 2 aromatic heterocycles. The van der Waals surface area contributed by atoms with Gasteiger partial charge in [0.2, 0.25) is 0 Å². The molecule has 0 radical (unpaired) electrons. The average Bonchev–Trinajstić information content (AvgIpc) is 3.33. The quantitative estimate of drug-likeness (QED) is 0.348. The van der Waals surface area contributed by atoms with Crippen molar-refractivity contribution >= 4 is 38.8 Å². The van der Waals surface area contributed by atoms with E-state index in [1.54, 1.807) is 13.2 Å². The Morgan fingerprint density at radius 1 is 1.06 bits per heavy atom. The maximum absolute atomic E-state index is 15.0. The fourth-order valence-electron chi connectivity index (χ4n) is 4.74. The van der Waals surface area contributed by atoms with Crippen molar-refractivity contribution in [3.63, 3.8) is 0 Å². The average molecular weight is 463 g/mol. The SMILES string of the molecule is CCn1c2ccc(-c3nc4c(F)c(C(=O)O)ccc4n3CCOC)cc2c2cc(C)cc(F)c21. The van der Waals surface area contributed by atoms with Crippen LogP contribution < -0.4 is 0 Å². The summed E-state index contributed by atoms with van der Waals surface area (Å²) in [7, 11) is 1.57. The summed E-state index contributed by atoms with van der Waals surface area (Å²) in [4.78, 5) is 15.9. The monoisotopic (exact) mass is 463 g/mol. The molecule has 3 aromatic carbocycles. The van der Waals surface area contributed by atoms with Crippen molar-refractivity contribution in [3.8, 4) is 11.4 Å². The van der Waals surface area contributed by atoms with Crippen LogP contribution in [0.4, 0.5) is 8.78 Å². The Balaban J connectivity index is 1.81. The van der Waals surface area contributed by atoms with Crippen LogP contribution in [0.5, 0.6) is 0 Å². The summed E-state index contributed by atoms with van der Waals surface area (Å²) in [6, 6.07) is 12.0. The number of hydrogen-bond donors (Lipinski definition) is 1. The van der Waals surface area contributed by atoms with Gasteiger partial charge in [0.1, 0.15) is 17.2 Å². The molecule has 2 heterocycles. The van der Waals surface area contributed by atoms with E-state index in [2.05, 4.69) is 4.98 Å². The number of hydrogen-bond acceptors (Lipinski definition) is 3. The summed E-state index contributed by atoms with van der Waals surface area (Å²) in [5.74, 6) is -2.01. The number of nitrogens with zero attached hydrogens (tertiary/aromatic N) is 3. The highest BCUT2D eigenvalue weighted by molar-refractivity contribution is 6.09. The standard InChI is InChI=1S/C26H23F2N3O3/c1-4-30-20-7-5-15(13-17(20)18-11-14(2)12-19(27)24(18)30)25-29-23-21(31(25)9-10-34-3)8-6-16(22(23)28)26(32)33/h5-8,11-13H,4,9-10H2,1-3H3,(H,32,33). The molecule has 0 bridgehead atoms. The predicted octanol–water partition coefficient (Wildman–Crippen LogP) is 5.76. The van der Waals surface area contributed by atoms with E-state index in [1.807, 2.05) is 47.2 Å². The Bertz CT molecular complexity index is 1600. The first-order valence-electron chi connectivity index (χ1n) is 11.0. The highest BCUT2D eigenvalue weighted by atomic mass is 19.1. The Labute approximate surface area is 194 Å². The van der Waals surface area contributed by atoms with E-state index in [-0.39, 0.29) is 11.3 Å². The number of carboxylic acids is 1. The lowest BCUT2D eigenvalue weighted by Gasteiger charge is -2.10. The van der Waals surface area contributed by atoms with E-state index >= 15 is 4.39 Å². The number of fused-ring (bicyclic) bond motifs is 4. The second-order valence-corrected chi connectivity index (χ2v) is 8.30. The smallest absolute Gasteiger partial charge is 0.338 e. The van der Waals surface area contributed by atoms with Crippen molar-refractivity contribution in [2.45, 2.75) is 26.9 Å². The number of aromatic carboxylic acids is 1. The maximum Gasteiger partial charge on any atom is 0.338 e. The highest BCUT2D eigenvalue weighted by Gasteiger charge is 2.22. The van der Waals surface area contributed by atoms with Gasteiger partial charge in [0.05, 0.1) is 23.2 Å². The van der Waals surface area contributed by atoms with Gasteiger partial charge in [0.25, 0.3) is 0 Å². The largest absolute Gasteiger partial charge is 0.478 e. The summed E-state index contributed by atoms with van der Waals surface area (Å²) in [5, 5.41) is 11.0. The van der Waals surface area contributed by atoms with E-state index in [4.69, 9.17) is 4.74 Å². The molecule has 34 heavy (non-hydrogen) atoms. The van der Waals surface area contributed by atoms with Gasteiger partial charge in [-0.05, 0) is 61.9 Å². The summed E-state index contributed by atoms with van der Waals surface area (Å²) < 4.78 is 38.9. The molecule has 0 saturated heterocycles. The van der Waals surface area contributed by atoms with Crippen molar-refractivity contribution in [3.05, 3.63) is 65.2 Å². The number of aromatic nitrogens is 3. The third kappa shape index (κ3) is 3.25. The topological polar surface area (TPSA) is 69.3 Å². The Morgan fingerprint density at radius 3 is 2.53 bits per heavy atom. The molecule has 0 aliphatic rings. The van der Waals surface area contributed by atoms with Crippen molar-refractivity contribution in [2.24, 2.45) is 0 Å². The van der Waals surface area contributed by atoms with Crippen LogP contribution in [0.25, 0.3) is 44.2 Å². The van der Waals surface area contributed by atoms with Gasteiger partial charge in [0, 0.05) is 42.1 Å². The molecular formula is C26H23F2N3O3. The number of rotatable bonds is 6. The van der Waals surface area contributed by atoms with E-state index in [1.165, 1.54) is 12.1 Å². The fraction of sp³-hybridized carbons (Fsp3) is 0.231. The van der Waals surface area contributed by atoms with Crippen LogP contribution in [0.15, 0.2) is 42.5 Å². The lowest BCUT2D eigenvalue weighted by Crippen LogP contribution is -2.06. The van der Waals surface area contributed by atoms with Crippen molar-refractivity contribution in [1.29, 1.82) is 0 Å². The number of imidazole rings is 1. The third-order valence-corrected chi connectivity index (χ3v) is 6.24. The Morgan fingerprint density at radius 2 is 1.82 bits per heavy atom. The van der Waals surface area contributed by atoms with Gasteiger partial charge in [-0.15, -0.1) is 0 Å². The molecule has 1 N–H and O–H groups in total. The molecule has 0 amide bonds. The van der Waals surface area contributed by atoms with Crippen LogP contribution in [0.2, 0.25) is 0 Å². The number of benzene rings is 3. The Kier molecular flexibility index (Phi) is 5.32. The van der Waals surface area contributed by atoms with Gasteiger partial charge in [-0.25, -0.2) is 18.6 Å². The van der Waals surface area contributed by atoms with Crippen LogP contribution in [-0.2, 0) is 17.8 Å². The summed E-state index contributed by atoms with van der Waals surface area (Å²) in [5.41, 5.74) is 3.02. The van der Waals surface area contributed by atoms with Gasteiger partial charge >= 0.3 is 5.97 Å². The number of methoxy groups -OCH3 is 1. The zero-order chi connectivity index (χ0) is 24.1. The van der Waals surface area contributed by atoms with Gasteiger partial charge < -0.3 is 19.0 Å². The molecule has 0 saturated carbocycles. The number of halogens is 2. The first kappa shape index (κ1) is 22.0. The lowest BCUT2D eigenvalue weighted by molar-refractivity contribution is 0.0692. The number of carboxylic acid groups (broad SMARTS) is 1. The molecule has 0 aliphatic heterocycles. The van der Waals surface area contributed by atoms with Crippen LogP contribution in [0, 0.1) is 18.6 Å². The molecule has 6 nitrogen and oxygen atoms in total. The molecule has 0 unspecified atom stereocenters. The molecule has 0 atom stereocenters. The fourth-order valence-corrected chi connectivity index (χ4v) is 4.74. The van der Waals surface area contributed by atoms with E-state index < -0.39 is 17.3 Å². The molecule has 8 heteroatoms. The molecule has 0 spiro atoms. The van der Waals surface area contributed by atoms with Crippen LogP contribution in [0.1, 0.15) is 22.8 Å². The highest BCUT2D eigenvalue weighted by Crippen LogP contribution is 2.35. The number of aryl methyl sites for hydroxylation is 2. The van der Waals surface area contributed by atoms with Gasteiger partial charge in [-0.1, -0.05) is 0 Å². The predicted molar refractivity (Wildman–Crippen MR) is 127 cm³/mol. The zero-order valence-corrected chi connectivity index (χ0v) is 19.0. The molecular weight excluding hydrogens is 440 g/mol. The van der Waals surface area contributed by atoms with Crippen molar-refractivity contribution in [2.75, 3.05) is 13.7 Å². The van der Waals surface area contributed by atoms with Gasteiger partial charge in [0.15, 0.2) is 5.82 Å². The minimum Gasteiger partial charge on any atom is -0.478 e. The Hall–Kier alpha value is -3.78. The first-order chi connectivity index (χ1) is 16.3. The zero-order valence-electron chi connectivity index (χ0n) is 19.0. The number of carbonyl (C=O) groups is 1. The second kappa shape index (κ2) is 8.22. The summed E-state index contributed by atoms with van der Waals surface area (Å²) >= 11 is 0. The normalized spacial score (nSPS) is 11.8. The molecule has 0 aliphatic carbocycles. The van der Waals surface area contributed by atoms with Gasteiger partial charge in [-0.3, -0.25) is 0 Å². The maximum atomic E-state index is 15.0. The first-order valence-corrected chi connectivity index (χ1v) is 11.0. The van der Waals surface area contributed by atoms with Gasteiger partial charge in [-0.2, -0.15) is 0 Å². The molecule has 5 rings (SSSR count). The van der Waals surface area contributed by atoms with E-state index in [0.29, 0.717) is 42.1 Å².